The van der Waals surface area contributed by atoms with Crippen LogP contribution in [0.4, 0.5) is 13.9 Å². The molecule has 1 N–H and O–H groups in total. The van der Waals surface area contributed by atoms with Crippen LogP contribution in [0.3, 0.4) is 0 Å². The summed E-state index contributed by atoms with van der Waals surface area (Å²) in [7, 11) is 2.11. The summed E-state index contributed by atoms with van der Waals surface area (Å²) in [5.74, 6) is -1.45. The normalized spacial score (nSPS) is 16.1. The van der Waals surface area contributed by atoms with E-state index in [1.807, 2.05) is 6.20 Å². The van der Waals surface area contributed by atoms with Gasteiger partial charge in [0.15, 0.2) is 22.5 Å². The van der Waals surface area contributed by atoms with Crippen LogP contribution < -0.4 is 4.90 Å². The van der Waals surface area contributed by atoms with Crippen molar-refractivity contribution >= 4 is 33.2 Å². The number of unbranched alkanes of at least 4 members (excludes halogenated alkanes) is 1. The molecule has 0 aliphatic carbocycles. The molecule has 1 unspecified atom stereocenters. The van der Waals surface area contributed by atoms with Crippen molar-refractivity contribution in [3.63, 3.8) is 0 Å². The molecular formula is C24H30F2N4OS. The average Bonchev–Trinajstić information content (AvgIpc) is 3.41. The van der Waals surface area contributed by atoms with Crippen LogP contribution in [0.1, 0.15) is 47.8 Å². The number of anilines is 1. The number of fused-ring (bicyclic) bond motifs is 1. The lowest BCUT2D eigenvalue weighted by atomic mass is 9.89. The number of thiazole rings is 1. The fourth-order valence-electron chi connectivity index (χ4n) is 4.32. The molecule has 1 aliphatic rings. The Kier molecular flexibility index (Phi) is 7.20. The van der Waals surface area contributed by atoms with E-state index in [1.165, 1.54) is 23.5 Å². The summed E-state index contributed by atoms with van der Waals surface area (Å²) in [4.78, 5) is 25.9. The second kappa shape index (κ2) is 10.1. The lowest BCUT2D eigenvalue weighted by molar-refractivity contribution is 0.0962. The third kappa shape index (κ3) is 5.18. The number of carbonyl (C=O) groups is 1. The molecule has 3 heterocycles. The minimum absolute atomic E-state index is 0.112. The molecule has 32 heavy (non-hydrogen) atoms. The molecule has 172 valence electrons. The molecule has 0 saturated carbocycles. The standard InChI is InChI=1S/C24H30F2N4OS/c1-3-4-5-16(10-17-14-27-21-13-20(26)19(25)12-18(17)21)11-22(31)23-15-28-24(32-23)30-8-6-29(2)7-9-30/h12-16,27H,3-11H2,1-2H3. The quantitative estimate of drug-likeness (QED) is 0.442. The highest BCUT2D eigenvalue weighted by atomic mass is 32.1. The Labute approximate surface area is 191 Å². The van der Waals surface area contributed by atoms with E-state index >= 15 is 0 Å². The van der Waals surface area contributed by atoms with Crippen LogP contribution in [-0.4, -0.2) is 53.9 Å². The number of carbonyl (C=O) groups excluding carboxylic acids is 1. The van der Waals surface area contributed by atoms with E-state index in [0.717, 1.165) is 56.1 Å². The second-order valence-corrected chi connectivity index (χ2v) is 9.77. The number of benzene rings is 1. The third-order valence-corrected chi connectivity index (χ3v) is 7.40. The van der Waals surface area contributed by atoms with Gasteiger partial charge in [0.1, 0.15) is 0 Å². The van der Waals surface area contributed by atoms with Crippen molar-refractivity contribution in [2.45, 2.75) is 39.0 Å². The fraction of sp³-hybridized carbons (Fsp3) is 0.500. The molecule has 1 atom stereocenters. The Hall–Kier alpha value is -2.32. The number of piperazine rings is 1. The van der Waals surface area contributed by atoms with Gasteiger partial charge in [-0.05, 0) is 37.4 Å². The predicted molar refractivity (Wildman–Crippen MR) is 126 cm³/mol. The van der Waals surface area contributed by atoms with Gasteiger partial charge < -0.3 is 14.8 Å². The molecule has 2 aromatic heterocycles. The number of likely N-dealkylation sites (N-methyl/N-ethyl adjacent to an activating group) is 1. The van der Waals surface area contributed by atoms with Crippen molar-refractivity contribution in [1.29, 1.82) is 0 Å². The number of hydrogen-bond donors (Lipinski definition) is 1. The lowest BCUT2D eigenvalue weighted by Gasteiger charge is -2.32. The number of nitrogens with one attached hydrogen (secondary N) is 1. The number of aromatic nitrogens is 2. The minimum Gasteiger partial charge on any atom is -0.361 e. The van der Waals surface area contributed by atoms with Gasteiger partial charge in [-0.1, -0.05) is 31.1 Å². The molecule has 0 amide bonds. The zero-order valence-corrected chi connectivity index (χ0v) is 19.5. The Balaban J connectivity index is 1.46. The molecule has 0 spiro atoms. The second-order valence-electron chi connectivity index (χ2n) is 8.76. The van der Waals surface area contributed by atoms with E-state index < -0.39 is 11.6 Å². The number of H-pyrrole nitrogens is 1. The molecule has 1 aliphatic heterocycles. The molecule has 0 bridgehead atoms. The summed E-state index contributed by atoms with van der Waals surface area (Å²) in [5.41, 5.74) is 1.51. The van der Waals surface area contributed by atoms with Crippen molar-refractivity contribution < 1.29 is 13.6 Å². The Morgan fingerprint density at radius 1 is 1.22 bits per heavy atom. The maximum Gasteiger partial charge on any atom is 0.186 e. The number of nitrogens with zero attached hydrogens (tertiary/aromatic N) is 3. The molecule has 1 aromatic carbocycles. The van der Waals surface area contributed by atoms with Gasteiger partial charge in [0.2, 0.25) is 0 Å². The van der Waals surface area contributed by atoms with Gasteiger partial charge in [-0.3, -0.25) is 4.79 Å². The molecule has 3 aromatic rings. The molecule has 4 rings (SSSR count). The van der Waals surface area contributed by atoms with Crippen molar-refractivity contribution in [2.75, 3.05) is 38.1 Å². The highest BCUT2D eigenvalue weighted by Crippen LogP contribution is 2.30. The average molecular weight is 461 g/mol. The van der Waals surface area contributed by atoms with Crippen molar-refractivity contribution in [1.82, 2.24) is 14.9 Å². The number of aromatic amines is 1. The summed E-state index contributed by atoms with van der Waals surface area (Å²) in [6, 6.07) is 2.44. The Morgan fingerprint density at radius 2 is 1.97 bits per heavy atom. The van der Waals surface area contributed by atoms with Gasteiger partial charge in [0, 0.05) is 55.8 Å². The topological polar surface area (TPSA) is 52.2 Å². The van der Waals surface area contributed by atoms with Gasteiger partial charge in [0.05, 0.1) is 11.1 Å². The van der Waals surface area contributed by atoms with Gasteiger partial charge in [-0.25, -0.2) is 13.8 Å². The SMILES string of the molecule is CCCCC(CC(=O)c1cnc(N2CCN(C)CC2)s1)Cc1c[nH]c2cc(F)c(F)cc12. The molecule has 1 fully saturated rings. The van der Waals surface area contributed by atoms with Crippen LogP contribution >= 0.6 is 11.3 Å². The molecule has 5 nitrogen and oxygen atoms in total. The summed E-state index contributed by atoms with van der Waals surface area (Å²) in [5, 5.41) is 1.61. The van der Waals surface area contributed by atoms with E-state index in [9.17, 15) is 13.6 Å². The van der Waals surface area contributed by atoms with Crippen molar-refractivity contribution in [3.8, 4) is 0 Å². The van der Waals surface area contributed by atoms with Gasteiger partial charge in [-0.15, -0.1) is 0 Å². The first-order chi connectivity index (χ1) is 15.4. The Morgan fingerprint density at radius 3 is 2.72 bits per heavy atom. The van der Waals surface area contributed by atoms with E-state index in [1.54, 1.807) is 6.20 Å². The summed E-state index contributed by atoms with van der Waals surface area (Å²) < 4.78 is 27.4. The highest BCUT2D eigenvalue weighted by Gasteiger charge is 2.22. The van der Waals surface area contributed by atoms with Crippen LogP contribution in [0, 0.1) is 17.6 Å². The molecule has 8 heteroatoms. The highest BCUT2D eigenvalue weighted by molar-refractivity contribution is 7.17. The van der Waals surface area contributed by atoms with Crippen LogP contribution in [0.25, 0.3) is 10.9 Å². The van der Waals surface area contributed by atoms with Crippen LogP contribution in [0.5, 0.6) is 0 Å². The maximum absolute atomic E-state index is 13.8. The zero-order valence-electron chi connectivity index (χ0n) is 18.7. The number of halogens is 2. The number of Topliss-reactive ketones (excluding diaryl/α,β-unsaturated/α-hetero) is 1. The largest absolute Gasteiger partial charge is 0.361 e. The molecule has 0 radical (unpaired) electrons. The van der Waals surface area contributed by atoms with Crippen molar-refractivity contribution in [3.05, 3.63) is 46.6 Å². The van der Waals surface area contributed by atoms with Gasteiger partial charge >= 0.3 is 0 Å². The molecule has 1 saturated heterocycles. The fourth-order valence-corrected chi connectivity index (χ4v) is 5.24. The summed E-state index contributed by atoms with van der Waals surface area (Å²) in [6.45, 7) is 5.98. The van der Waals surface area contributed by atoms with Crippen LogP contribution in [0.15, 0.2) is 24.5 Å². The monoisotopic (exact) mass is 460 g/mol. The van der Waals surface area contributed by atoms with E-state index in [-0.39, 0.29) is 11.7 Å². The van der Waals surface area contributed by atoms with Crippen LogP contribution in [0.2, 0.25) is 0 Å². The van der Waals surface area contributed by atoms with Crippen molar-refractivity contribution in [2.24, 2.45) is 5.92 Å². The summed E-state index contributed by atoms with van der Waals surface area (Å²) in [6.07, 6.45) is 7.60. The maximum atomic E-state index is 13.8. The predicted octanol–water partition coefficient (Wildman–Crippen LogP) is 5.28. The molecular weight excluding hydrogens is 430 g/mol. The lowest BCUT2D eigenvalue weighted by Crippen LogP contribution is -2.44. The third-order valence-electron chi connectivity index (χ3n) is 6.30. The number of rotatable bonds is 9. The first-order valence-electron chi connectivity index (χ1n) is 11.3. The first kappa shape index (κ1) is 22.9. The Bertz CT molecular complexity index is 1070. The summed E-state index contributed by atoms with van der Waals surface area (Å²) >= 11 is 1.48. The van der Waals surface area contributed by atoms with E-state index in [4.69, 9.17) is 0 Å². The van der Waals surface area contributed by atoms with Gasteiger partial charge in [0.25, 0.3) is 0 Å². The minimum atomic E-state index is -0.857. The zero-order chi connectivity index (χ0) is 22.7. The van der Waals surface area contributed by atoms with Gasteiger partial charge in [-0.2, -0.15) is 0 Å². The smallest absolute Gasteiger partial charge is 0.186 e. The first-order valence-corrected chi connectivity index (χ1v) is 12.1. The van der Waals surface area contributed by atoms with E-state index in [0.29, 0.717) is 28.6 Å². The van der Waals surface area contributed by atoms with Crippen LogP contribution in [-0.2, 0) is 6.42 Å². The van der Waals surface area contributed by atoms with E-state index in [2.05, 4.69) is 33.7 Å². The number of ketones is 1. The number of hydrogen-bond acceptors (Lipinski definition) is 5.